The lowest BCUT2D eigenvalue weighted by molar-refractivity contribution is -0.238. The fourth-order valence-corrected chi connectivity index (χ4v) is 4.21. The Bertz CT molecular complexity index is 905. The largest absolute Gasteiger partial charge is 0.356 e. The summed E-state index contributed by atoms with van der Waals surface area (Å²) in [4.78, 5) is 12.6. The summed E-state index contributed by atoms with van der Waals surface area (Å²) in [5.41, 5.74) is 2.08. The number of amides is 1. The molecule has 0 unspecified atom stereocenters. The van der Waals surface area contributed by atoms with Crippen molar-refractivity contribution in [3.8, 4) is 0 Å². The minimum absolute atomic E-state index is 0.152. The van der Waals surface area contributed by atoms with Crippen LogP contribution in [0.4, 0.5) is 0 Å². The Morgan fingerprint density at radius 3 is 2.23 bits per heavy atom. The molecule has 164 valence electrons. The Labute approximate surface area is 181 Å². The zero-order valence-corrected chi connectivity index (χ0v) is 17.6. The van der Waals surface area contributed by atoms with E-state index in [1.54, 1.807) is 0 Å². The molecule has 0 aromatic heterocycles. The van der Waals surface area contributed by atoms with Gasteiger partial charge in [0.25, 0.3) is 5.91 Å². The first-order chi connectivity index (χ1) is 15.0. The molecule has 3 aliphatic rings. The van der Waals surface area contributed by atoms with E-state index < -0.39 is 24.3 Å². The van der Waals surface area contributed by atoms with Crippen LogP contribution in [-0.2, 0) is 41.6 Å². The molecule has 7 heteroatoms. The SMILES string of the molecule is CC1(C)O[C@H]2[C@@H]([C@@H]3O[C@H]3C(=O)NCc3ccccc3)O[C@@H](OCc3ccccc3)[C@H]2O1. The number of carbonyl (C=O) groups is 1. The maximum atomic E-state index is 12.6. The van der Waals surface area contributed by atoms with Gasteiger partial charge >= 0.3 is 0 Å². The monoisotopic (exact) mass is 425 g/mol. The van der Waals surface area contributed by atoms with Crippen molar-refractivity contribution in [2.75, 3.05) is 0 Å². The number of rotatable bonds is 7. The molecular weight excluding hydrogens is 398 g/mol. The van der Waals surface area contributed by atoms with Crippen LogP contribution in [0, 0.1) is 0 Å². The Balaban J connectivity index is 1.20. The molecule has 2 aromatic carbocycles. The van der Waals surface area contributed by atoms with Crippen LogP contribution in [0.3, 0.4) is 0 Å². The topological polar surface area (TPSA) is 78.6 Å². The van der Waals surface area contributed by atoms with Crippen LogP contribution in [0.5, 0.6) is 0 Å². The van der Waals surface area contributed by atoms with Gasteiger partial charge in [0.2, 0.25) is 0 Å². The number of hydrogen-bond donors (Lipinski definition) is 1. The Morgan fingerprint density at radius 1 is 0.871 bits per heavy atom. The van der Waals surface area contributed by atoms with Crippen LogP contribution in [-0.4, -0.2) is 48.5 Å². The molecule has 3 fully saturated rings. The van der Waals surface area contributed by atoms with E-state index in [0.29, 0.717) is 13.2 Å². The maximum Gasteiger partial charge on any atom is 0.252 e. The van der Waals surface area contributed by atoms with E-state index in [0.717, 1.165) is 11.1 Å². The molecule has 7 nitrogen and oxygen atoms in total. The van der Waals surface area contributed by atoms with Crippen LogP contribution in [0.2, 0.25) is 0 Å². The summed E-state index contributed by atoms with van der Waals surface area (Å²) in [5, 5.41) is 2.93. The maximum absolute atomic E-state index is 12.6. The molecule has 5 rings (SSSR count). The van der Waals surface area contributed by atoms with E-state index in [4.69, 9.17) is 23.7 Å². The minimum Gasteiger partial charge on any atom is -0.356 e. The van der Waals surface area contributed by atoms with Crippen LogP contribution in [0.15, 0.2) is 60.7 Å². The second-order valence-corrected chi connectivity index (χ2v) is 8.56. The molecule has 0 spiro atoms. The summed E-state index contributed by atoms with van der Waals surface area (Å²) in [5.74, 6) is -0.896. The number of hydrogen-bond acceptors (Lipinski definition) is 6. The van der Waals surface area contributed by atoms with E-state index in [2.05, 4.69) is 5.32 Å². The molecule has 1 N–H and O–H groups in total. The van der Waals surface area contributed by atoms with E-state index in [1.165, 1.54) is 0 Å². The Kier molecular flexibility index (Phi) is 5.54. The zero-order valence-electron chi connectivity index (χ0n) is 17.6. The van der Waals surface area contributed by atoms with Gasteiger partial charge in [0.05, 0.1) is 6.61 Å². The van der Waals surface area contributed by atoms with Crippen molar-refractivity contribution in [1.82, 2.24) is 5.32 Å². The van der Waals surface area contributed by atoms with Gasteiger partial charge in [-0.1, -0.05) is 60.7 Å². The summed E-state index contributed by atoms with van der Waals surface area (Å²) in [6.07, 6.45) is -2.69. The van der Waals surface area contributed by atoms with Gasteiger partial charge in [0.15, 0.2) is 18.2 Å². The van der Waals surface area contributed by atoms with Crippen LogP contribution < -0.4 is 5.32 Å². The second kappa shape index (κ2) is 8.33. The predicted octanol–water partition coefficient (Wildman–Crippen LogP) is 2.53. The van der Waals surface area contributed by atoms with Gasteiger partial charge in [0.1, 0.15) is 24.4 Å². The van der Waals surface area contributed by atoms with Crippen molar-refractivity contribution >= 4 is 5.91 Å². The van der Waals surface area contributed by atoms with Gasteiger partial charge < -0.3 is 29.0 Å². The molecule has 31 heavy (non-hydrogen) atoms. The molecule has 0 radical (unpaired) electrons. The van der Waals surface area contributed by atoms with Crippen LogP contribution in [0.25, 0.3) is 0 Å². The fourth-order valence-electron chi connectivity index (χ4n) is 4.21. The highest BCUT2D eigenvalue weighted by molar-refractivity contribution is 5.83. The van der Waals surface area contributed by atoms with Crippen molar-refractivity contribution in [3.63, 3.8) is 0 Å². The highest BCUT2D eigenvalue weighted by Crippen LogP contribution is 2.44. The molecule has 3 heterocycles. The lowest BCUT2D eigenvalue weighted by Crippen LogP contribution is -2.37. The zero-order chi connectivity index (χ0) is 21.4. The summed E-state index contributed by atoms with van der Waals surface area (Å²) in [6, 6.07) is 19.7. The highest BCUT2D eigenvalue weighted by Gasteiger charge is 2.64. The van der Waals surface area contributed by atoms with Crippen LogP contribution >= 0.6 is 0 Å². The number of ether oxygens (including phenoxy) is 5. The quantitative estimate of drug-likeness (QED) is 0.687. The highest BCUT2D eigenvalue weighted by atomic mass is 16.8. The standard InChI is InChI=1S/C24H27NO6/c1-24(2)30-19-17(18-20(28-18)22(26)25-13-15-9-5-3-6-10-15)29-23(21(19)31-24)27-14-16-11-7-4-8-12-16/h3-12,17-21,23H,13-14H2,1-2H3,(H,25,26)/t17-,18+,19+,20-,21+,23-/m1/s1. The van der Waals surface area contributed by atoms with E-state index in [1.807, 2.05) is 74.5 Å². The molecule has 0 saturated carbocycles. The van der Waals surface area contributed by atoms with Gasteiger partial charge in [0, 0.05) is 6.54 Å². The summed E-state index contributed by atoms with van der Waals surface area (Å²) in [6.45, 7) is 4.60. The van der Waals surface area contributed by atoms with E-state index in [-0.39, 0.29) is 24.2 Å². The molecule has 3 aliphatic heterocycles. The first-order valence-electron chi connectivity index (χ1n) is 10.6. The van der Waals surface area contributed by atoms with Gasteiger partial charge in [-0.15, -0.1) is 0 Å². The average Bonchev–Trinajstić information content (AvgIpc) is 3.42. The molecule has 6 atom stereocenters. The summed E-state index contributed by atoms with van der Waals surface area (Å²) < 4.78 is 30.0. The molecule has 1 amide bonds. The van der Waals surface area contributed by atoms with Gasteiger partial charge in [-0.3, -0.25) is 4.79 Å². The first-order valence-corrected chi connectivity index (χ1v) is 10.6. The van der Waals surface area contributed by atoms with Crippen molar-refractivity contribution in [1.29, 1.82) is 0 Å². The Hall–Kier alpha value is -2.29. The Morgan fingerprint density at radius 2 is 1.52 bits per heavy atom. The minimum atomic E-state index is -0.744. The predicted molar refractivity (Wildman–Crippen MR) is 111 cm³/mol. The first kappa shape index (κ1) is 20.6. The van der Waals surface area contributed by atoms with Gasteiger partial charge in [-0.25, -0.2) is 0 Å². The third-order valence-electron chi connectivity index (χ3n) is 5.72. The van der Waals surface area contributed by atoms with Crippen molar-refractivity contribution in [3.05, 3.63) is 71.8 Å². The average molecular weight is 425 g/mol. The smallest absolute Gasteiger partial charge is 0.252 e. The number of epoxide rings is 1. The summed E-state index contributed by atoms with van der Waals surface area (Å²) >= 11 is 0. The lowest BCUT2D eigenvalue weighted by Gasteiger charge is -2.23. The molecule has 0 aliphatic carbocycles. The number of nitrogens with one attached hydrogen (secondary N) is 1. The van der Waals surface area contributed by atoms with Crippen LogP contribution in [0.1, 0.15) is 25.0 Å². The third-order valence-corrected chi connectivity index (χ3v) is 5.72. The number of fused-ring (bicyclic) bond motifs is 1. The third kappa shape index (κ3) is 4.51. The second-order valence-electron chi connectivity index (χ2n) is 8.56. The van der Waals surface area contributed by atoms with Crippen molar-refractivity contribution in [2.24, 2.45) is 0 Å². The molecular formula is C24H27NO6. The van der Waals surface area contributed by atoms with Gasteiger partial charge in [-0.05, 0) is 25.0 Å². The van der Waals surface area contributed by atoms with E-state index in [9.17, 15) is 4.79 Å². The van der Waals surface area contributed by atoms with E-state index >= 15 is 0 Å². The number of benzene rings is 2. The normalized spacial score (nSPS) is 33.1. The lowest BCUT2D eigenvalue weighted by atomic mass is 10.1. The van der Waals surface area contributed by atoms with Crippen molar-refractivity contribution in [2.45, 2.75) is 69.6 Å². The molecule has 0 bridgehead atoms. The van der Waals surface area contributed by atoms with Crippen molar-refractivity contribution < 1.29 is 28.5 Å². The summed E-state index contributed by atoms with van der Waals surface area (Å²) in [7, 11) is 0. The fraction of sp³-hybridized carbons (Fsp3) is 0.458. The molecule has 3 saturated heterocycles. The number of carbonyl (C=O) groups excluding carboxylic acids is 1. The molecule has 2 aromatic rings. The van der Waals surface area contributed by atoms with Gasteiger partial charge in [-0.2, -0.15) is 0 Å².